The molecular weight excluding hydrogens is 456 g/mol. The Bertz CT molecular complexity index is 1160. The second kappa shape index (κ2) is 9.58. The van der Waals surface area contributed by atoms with Crippen molar-refractivity contribution in [3.05, 3.63) is 107 Å². The van der Waals surface area contributed by atoms with E-state index in [9.17, 15) is 10.2 Å². The molecule has 0 spiro atoms. The summed E-state index contributed by atoms with van der Waals surface area (Å²) in [5.74, 6) is 1.20. The standard InChI is InChI=1S/C26H21BrO4/c27-26-24(31-17-19-9-5-2-6-10-19)14-13-23(29)25(26)21-15-20(11-12-22(21)28)30-16-18-7-3-1-4-8-18/h1-15,28-29H,16-17H2. The van der Waals surface area contributed by atoms with E-state index in [-0.39, 0.29) is 11.5 Å². The van der Waals surface area contributed by atoms with Crippen molar-refractivity contribution in [1.29, 1.82) is 0 Å². The molecule has 0 radical (unpaired) electrons. The number of hydrogen-bond acceptors (Lipinski definition) is 4. The summed E-state index contributed by atoms with van der Waals surface area (Å²) >= 11 is 3.54. The molecule has 0 unspecified atom stereocenters. The van der Waals surface area contributed by atoms with E-state index in [1.807, 2.05) is 60.7 Å². The van der Waals surface area contributed by atoms with Crippen LogP contribution in [0, 0.1) is 0 Å². The van der Waals surface area contributed by atoms with Gasteiger partial charge >= 0.3 is 0 Å². The molecule has 0 aliphatic rings. The van der Waals surface area contributed by atoms with Gasteiger partial charge in [0, 0.05) is 11.1 Å². The Kier molecular flexibility index (Phi) is 6.43. The van der Waals surface area contributed by atoms with E-state index < -0.39 is 0 Å². The first-order valence-electron chi connectivity index (χ1n) is 9.80. The van der Waals surface area contributed by atoms with Gasteiger partial charge in [0.05, 0.1) is 4.47 Å². The van der Waals surface area contributed by atoms with E-state index in [4.69, 9.17) is 9.47 Å². The SMILES string of the molecule is Oc1ccc(OCc2ccccc2)cc1-c1c(O)ccc(OCc2ccccc2)c1Br. The van der Waals surface area contributed by atoms with Crippen LogP contribution in [0.15, 0.2) is 95.5 Å². The molecule has 156 valence electrons. The Morgan fingerprint density at radius 2 is 1.23 bits per heavy atom. The molecule has 0 aromatic heterocycles. The van der Waals surface area contributed by atoms with Gasteiger partial charge < -0.3 is 19.7 Å². The molecule has 4 aromatic carbocycles. The van der Waals surface area contributed by atoms with Gasteiger partial charge in [0.15, 0.2) is 0 Å². The number of benzene rings is 4. The second-order valence-corrected chi connectivity index (χ2v) is 7.79. The van der Waals surface area contributed by atoms with Crippen LogP contribution in [0.5, 0.6) is 23.0 Å². The predicted molar refractivity (Wildman–Crippen MR) is 124 cm³/mol. The van der Waals surface area contributed by atoms with Crippen LogP contribution in [-0.4, -0.2) is 10.2 Å². The fourth-order valence-corrected chi connectivity index (χ4v) is 3.86. The monoisotopic (exact) mass is 476 g/mol. The van der Waals surface area contributed by atoms with Gasteiger partial charge in [-0.2, -0.15) is 0 Å². The number of halogens is 1. The number of phenolic OH excluding ortho intramolecular Hbond substituents is 2. The summed E-state index contributed by atoms with van der Waals surface area (Å²) in [7, 11) is 0. The van der Waals surface area contributed by atoms with Crippen molar-refractivity contribution in [3.63, 3.8) is 0 Å². The summed E-state index contributed by atoms with van der Waals surface area (Å²) < 4.78 is 12.4. The molecule has 0 saturated carbocycles. The van der Waals surface area contributed by atoms with Crippen molar-refractivity contribution in [2.45, 2.75) is 13.2 Å². The third-order valence-corrected chi connectivity index (χ3v) is 5.59. The minimum Gasteiger partial charge on any atom is -0.507 e. The normalized spacial score (nSPS) is 10.6. The zero-order chi connectivity index (χ0) is 21.6. The van der Waals surface area contributed by atoms with Crippen LogP contribution in [0.2, 0.25) is 0 Å². The van der Waals surface area contributed by atoms with Gasteiger partial charge in [-0.15, -0.1) is 0 Å². The molecule has 2 N–H and O–H groups in total. The number of aromatic hydroxyl groups is 2. The number of phenols is 2. The van der Waals surface area contributed by atoms with Crippen LogP contribution in [0.25, 0.3) is 11.1 Å². The largest absolute Gasteiger partial charge is 0.507 e. The molecule has 4 aromatic rings. The first kappa shape index (κ1) is 20.8. The van der Waals surface area contributed by atoms with E-state index in [1.54, 1.807) is 30.3 Å². The molecule has 0 saturated heterocycles. The third-order valence-electron chi connectivity index (χ3n) is 4.81. The molecule has 0 fully saturated rings. The van der Waals surface area contributed by atoms with E-state index in [1.165, 1.54) is 0 Å². The van der Waals surface area contributed by atoms with Crippen LogP contribution in [0.3, 0.4) is 0 Å². The van der Waals surface area contributed by atoms with E-state index in [0.29, 0.717) is 40.3 Å². The fraction of sp³-hybridized carbons (Fsp3) is 0.0769. The molecule has 0 bridgehead atoms. The van der Waals surface area contributed by atoms with Crippen LogP contribution in [0.1, 0.15) is 11.1 Å². The maximum absolute atomic E-state index is 10.5. The number of ether oxygens (including phenoxy) is 2. The topological polar surface area (TPSA) is 58.9 Å². The van der Waals surface area contributed by atoms with Crippen LogP contribution in [-0.2, 0) is 13.2 Å². The maximum Gasteiger partial charge on any atom is 0.134 e. The predicted octanol–water partition coefficient (Wildman–Crippen LogP) is 6.69. The minimum absolute atomic E-state index is 0.0226. The lowest BCUT2D eigenvalue weighted by atomic mass is 10.0. The second-order valence-electron chi connectivity index (χ2n) is 7.00. The molecule has 5 heteroatoms. The quantitative estimate of drug-likeness (QED) is 0.312. The average Bonchev–Trinajstić information content (AvgIpc) is 2.80. The maximum atomic E-state index is 10.5. The molecule has 4 nitrogen and oxygen atoms in total. The molecule has 0 aliphatic carbocycles. The summed E-state index contributed by atoms with van der Waals surface area (Å²) in [5, 5.41) is 21.0. The van der Waals surface area contributed by atoms with E-state index in [2.05, 4.69) is 15.9 Å². The Labute approximate surface area is 189 Å². The molecular formula is C26H21BrO4. The first-order valence-corrected chi connectivity index (χ1v) is 10.6. The summed E-state index contributed by atoms with van der Waals surface area (Å²) in [4.78, 5) is 0. The highest BCUT2D eigenvalue weighted by Gasteiger charge is 2.18. The Morgan fingerprint density at radius 1 is 0.645 bits per heavy atom. The first-order chi connectivity index (χ1) is 15.1. The van der Waals surface area contributed by atoms with Gasteiger partial charge in [0.2, 0.25) is 0 Å². The van der Waals surface area contributed by atoms with Gasteiger partial charge in [-0.3, -0.25) is 0 Å². The van der Waals surface area contributed by atoms with E-state index in [0.717, 1.165) is 11.1 Å². The summed E-state index contributed by atoms with van der Waals surface area (Å²) in [5.41, 5.74) is 2.95. The molecule has 31 heavy (non-hydrogen) atoms. The molecule has 0 aliphatic heterocycles. The third kappa shape index (κ3) is 5.01. The molecule has 0 amide bonds. The van der Waals surface area contributed by atoms with Crippen LogP contribution < -0.4 is 9.47 Å². The van der Waals surface area contributed by atoms with Gasteiger partial charge in [-0.05, 0) is 57.4 Å². The summed E-state index contributed by atoms with van der Waals surface area (Å²) in [6.07, 6.45) is 0. The van der Waals surface area contributed by atoms with E-state index >= 15 is 0 Å². The number of hydrogen-bond donors (Lipinski definition) is 2. The van der Waals surface area contributed by atoms with Gasteiger partial charge in [-0.25, -0.2) is 0 Å². The Hall–Kier alpha value is -3.44. The number of rotatable bonds is 7. The smallest absolute Gasteiger partial charge is 0.134 e. The minimum atomic E-state index is 0.0226. The van der Waals surface area contributed by atoms with Gasteiger partial charge in [0.25, 0.3) is 0 Å². The van der Waals surface area contributed by atoms with Crippen molar-refractivity contribution < 1.29 is 19.7 Å². The molecule has 4 rings (SSSR count). The van der Waals surface area contributed by atoms with Gasteiger partial charge in [-0.1, -0.05) is 60.7 Å². The zero-order valence-electron chi connectivity index (χ0n) is 16.7. The Balaban J connectivity index is 1.60. The lowest BCUT2D eigenvalue weighted by molar-refractivity contribution is 0.303. The van der Waals surface area contributed by atoms with Crippen molar-refractivity contribution in [3.8, 4) is 34.1 Å². The van der Waals surface area contributed by atoms with Crippen molar-refractivity contribution in [2.75, 3.05) is 0 Å². The lowest BCUT2D eigenvalue weighted by Gasteiger charge is -2.15. The highest BCUT2D eigenvalue weighted by atomic mass is 79.9. The lowest BCUT2D eigenvalue weighted by Crippen LogP contribution is -1.97. The summed E-state index contributed by atoms with van der Waals surface area (Å²) in [6, 6.07) is 27.9. The van der Waals surface area contributed by atoms with Crippen molar-refractivity contribution >= 4 is 15.9 Å². The fourth-order valence-electron chi connectivity index (χ4n) is 3.20. The zero-order valence-corrected chi connectivity index (χ0v) is 18.2. The van der Waals surface area contributed by atoms with Crippen LogP contribution in [0.4, 0.5) is 0 Å². The molecule has 0 atom stereocenters. The molecule has 0 heterocycles. The Morgan fingerprint density at radius 3 is 1.87 bits per heavy atom. The highest BCUT2D eigenvalue weighted by Crippen LogP contribution is 2.46. The van der Waals surface area contributed by atoms with Crippen LogP contribution >= 0.6 is 15.9 Å². The van der Waals surface area contributed by atoms with Crippen molar-refractivity contribution in [2.24, 2.45) is 0 Å². The highest BCUT2D eigenvalue weighted by molar-refractivity contribution is 9.10. The van der Waals surface area contributed by atoms with Crippen molar-refractivity contribution in [1.82, 2.24) is 0 Å². The summed E-state index contributed by atoms with van der Waals surface area (Å²) in [6.45, 7) is 0.786. The van der Waals surface area contributed by atoms with Gasteiger partial charge in [0.1, 0.15) is 36.2 Å². The average molecular weight is 477 g/mol.